The third-order valence-corrected chi connectivity index (χ3v) is 23.8. The lowest BCUT2D eigenvalue weighted by Crippen LogP contribution is -2.12. The lowest BCUT2D eigenvalue weighted by Gasteiger charge is -2.06. The molecule has 0 saturated carbocycles. The first kappa shape index (κ1) is 72.7. The molecule has 100 heavy (non-hydrogen) atoms. The van der Waals surface area contributed by atoms with E-state index in [2.05, 4.69) is 45.9 Å². The lowest BCUT2D eigenvalue weighted by molar-refractivity contribution is 0.112. The molecule has 2 aromatic carbocycles. The highest BCUT2D eigenvalue weighted by molar-refractivity contribution is 7.90. The van der Waals surface area contributed by atoms with Crippen LogP contribution in [-0.4, -0.2) is 92.3 Å². The smallest absolute Gasteiger partial charge is 0.269 e. The second-order valence-corrected chi connectivity index (χ2v) is 31.6. The number of aldehydes is 1. The maximum absolute atomic E-state index is 13.4. The van der Waals surface area contributed by atoms with Crippen LogP contribution in [0.4, 0.5) is 5.13 Å². The number of thiophene rings is 2. The number of pyridine rings is 6. The van der Waals surface area contributed by atoms with Gasteiger partial charge in [-0.1, -0.05) is 118 Å². The second-order valence-electron chi connectivity index (χ2n) is 21.9. The summed E-state index contributed by atoms with van der Waals surface area (Å²) in [6.07, 6.45) is 20.6. The van der Waals surface area contributed by atoms with Gasteiger partial charge in [0.05, 0.1) is 61.1 Å². The van der Waals surface area contributed by atoms with Crippen LogP contribution in [0.3, 0.4) is 0 Å². The molecular weight excluding hydrogens is 1500 g/mol. The molecule has 0 amide bonds. The molecule has 30 heteroatoms. The summed E-state index contributed by atoms with van der Waals surface area (Å²) >= 11 is 42.3. The molecule has 0 saturated heterocycles. The predicted octanol–water partition coefficient (Wildman–Crippen LogP) is 17.2. The zero-order valence-corrected chi connectivity index (χ0v) is 61.6. The Morgan fingerprint density at radius 1 is 0.490 bits per heavy atom. The van der Waals surface area contributed by atoms with E-state index in [0.29, 0.717) is 94.1 Å². The molecule has 0 unspecified atom stereocenters. The zero-order valence-electron chi connectivity index (χ0n) is 53.0. The molecule has 0 aliphatic rings. The maximum atomic E-state index is 13.4. The minimum Gasteiger partial charge on any atom is -0.481 e. The summed E-state index contributed by atoms with van der Waals surface area (Å²) < 4.78 is 70.4. The van der Waals surface area contributed by atoms with Crippen molar-refractivity contribution in [3.8, 4) is 17.6 Å². The van der Waals surface area contributed by atoms with Crippen LogP contribution in [0.1, 0.15) is 62.6 Å². The van der Waals surface area contributed by atoms with Gasteiger partial charge in [0.2, 0.25) is 17.6 Å². The second kappa shape index (κ2) is 32.9. The van der Waals surface area contributed by atoms with Crippen LogP contribution in [0.25, 0.3) is 33.1 Å². The van der Waals surface area contributed by atoms with Crippen molar-refractivity contribution in [3.05, 3.63) is 271 Å². The fraction of sp³-hybridized carbons (Fsp3) is 0.143. The molecule has 12 aromatic heterocycles. The number of hydrogen-bond donors (Lipinski definition) is 2. The number of aromatic amines is 1. The van der Waals surface area contributed by atoms with Gasteiger partial charge in [0.25, 0.3) is 20.0 Å². The summed E-state index contributed by atoms with van der Waals surface area (Å²) in [6.45, 7) is 0. The standard InChI is InChI=1S/C26H21Cl2N3O3S2.C20H17Cl2N3OS.C17H12Cl2N4O2S2.C7H7NO2/c1-34-25-10-8-17(14-29-25)7-9-20-13-23(28)24(35-20)11-18-16-31(26-22(18)12-19(27)15-30-26)36(32,33)21-5-3-2-4-6-21;1-26-19-5-3-12(9-23-19)2-4-15-8-17(22)18(27-15)6-13-10-24-20-16(13)7-14(21)11-25-20;18-11-7-13-10(6-14-15(19)22-17(20)26-14)9-23(16(13)21-8-11)27(24,25)12-4-2-1-3-5-12;1-10-7-3-2-6(5-9)4-8-7/h2-6,8,10,12-16H,7,9,11H2,1H3;3,5,7-11H,2,4,6H2,1H3,(H,24,25);1-5,7-9H,6H2,(H2,20,22);2-5H,1H3. The van der Waals surface area contributed by atoms with E-state index in [-0.39, 0.29) is 9.79 Å². The zero-order chi connectivity index (χ0) is 70.7. The van der Waals surface area contributed by atoms with Gasteiger partial charge in [-0.3, -0.25) is 4.79 Å². The van der Waals surface area contributed by atoms with Crippen molar-refractivity contribution >= 4 is 168 Å². The van der Waals surface area contributed by atoms with E-state index in [1.807, 2.05) is 55.0 Å². The molecule has 0 spiro atoms. The monoisotopic (exact) mass is 1550 g/mol. The highest BCUT2D eigenvalue weighted by atomic mass is 35.5. The number of fused-ring (bicyclic) bond motifs is 3. The van der Waals surface area contributed by atoms with E-state index >= 15 is 0 Å². The molecule has 0 atom stereocenters. The maximum Gasteiger partial charge on any atom is 0.269 e. The number of nitrogens with two attached hydrogens (primary N) is 1. The number of nitrogens with one attached hydrogen (secondary N) is 1. The number of nitrogen functional groups attached to an aromatic ring is 1. The summed E-state index contributed by atoms with van der Waals surface area (Å²) in [7, 11) is -2.90. The molecule has 19 nitrogen and oxygen atoms in total. The number of anilines is 1. The highest BCUT2D eigenvalue weighted by Gasteiger charge is 2.26. The largest absolute Gasteiger partial charge is 0.481 e. The Bertz CT molecular complexity index is 5410. The fourth-order valence-electron chi connectivity index (χ4n) is 10.3. The SMILES string of the molecule is COc1ccc(C=O)cn1.COc1ccc(CCc2cc(Cl)c(Cc3c[nH]c4ncc(Cl)cc34)s2)cn1.COc1ccc(CCc2cc(Cl)c(Cc3cn(S(=O)(=O)c4ccccc4)c4ncc(Cl)cc34)s2)cn1.Nc1nc(Cl)c(Cc2cn(S(=O)(=O)c3ccccc3)c3ncc(Cl)cc23)s1. The molecule has 14 rings (SSSR count). The van der Waals surface area contributed by atoms with Gasteiger partial charge < -0.3 is 24.9 Å². The van der Waals surface area contributed by atoms with Crippen LogP contribution in [0.2, 0.25) is 30.3 Å². The number of carbonyl (C=O) groups excluding carboxylic acids is 1. The van der Waals surface area contributed by atoms with Crippen molar-refractivity contribution in [2.24, 2.45) is 0 Å². The van der Waals surface area contributed by atoms with E-state index < -0.39 is 20.0 Å². The van der Waals surface area contributed by atoms with Gasteiger partial charge in [-0.15, -0.1) is 34.0 Å². The minimum absolute atomic E-state index is 0.172. The van der Waals surface area contributed by atoms with Crippen LogP contribution in [0, 0.1) is 0 Å². The van der Waals surface area contributed by atoms with Crippen molar-refractivity contribution in [2.75, 3.05) is 27.1 Å². The quantitative estimate of drug-likeness (QED) is 0.0673. The highest BCUT2D eigenvalue weighted by Crippen LogP contribution is 2.37. The molecule has 0 aliphatic carbocycles. The Labute approximate surface area is 617 Å². The first-order valence-electron chi connectivity index (χ1n) is 30.1. The van der Waals surface area contributed by atoms with Gasteiger partial charge in [0.1, 0.15) is 10.8 Å². The number of methoxy groups -OCH3 is 3. The first-order valence-corrected chi connectivity index (χ1v) is 37.7. The number of halogens is 6. The molecule has 0 bridgehead atoms. The Balaban J connectivity index is 0.000000143. The Morgan fingerprint density at radius 2 is 0.930 bits per heavy atom. The van der Waals surface area contributed by atoms with E-state index in [0.717, 1.165) is 90.6 Å². The van der Waals surface area contributed by atoms with Gasteiger partial charge in [-0.2, -0.15) is 0 Å². The normalized spacial score (nSPS) is 11.4. The number of nitrogens with zero attached hydrogens (tertiary/aromatic N) is 9. The van der Waals surface area contributed by atoms with Crippen LogP contribution in [-0.2, 0) is 65.0 Å². The summed E-state index contributed by atoms with van der Waals surface area (Å²) in [6, 6.07) is 37.0. The van der Waals surface area contributed by atoms with Crippen LogP contribution < -0.4 is 19.9 Å². The first-order chi connectivity index (χ1) is 48.2. The molecule has 3 N–H and O–H groups in total. The van der Waals surface area contributed by atoms with Gasteiger partial charge in [-0.25, -0.2) is 59.7 Å². The molecule has 0 fully saturated rings. The van der Waals surface area contributed by atoms with Crippen LogP contribution in [0.15, 0.2) is 193 Å². The van der Waals surface area contributed by atoms with Crippen molar-refractivity contribution in [1.29, 1.82) is 0 Å². The number of hydrogen-bond acceptors (Lipinski definition) is 19. The van der Waals surface area contributed by atoms with Crippen molar-refractivity contribution in [1.82, 2.24) is 47.8 Å². The third-order valence-electron chi connectivity index (χ3n) is 15.3. The molecule has 0 radical (unpaired) electrons. The summed E-state index contributed by atoms with van der Waals surface area (Å²) in [5.74, 6) is 1.74. The van der Waals surface area contributed by atoms with Crippen LogP contribution in [0.5, 0.6) is 17.6 Å². The molecular formula is C70H57Cl6N11O8S5. The lowest BCUT2D eigenvalue weighted by atomic mass is 10.1. The van der Waals surface area contributed by atoms with E-state index in [4.69, 9.17) is 89.5 Å². The minimum atomic E-state index is -3.83. The van der Waals surface area contributed by atoms with Crippen molar-refractivity contribution in [2.45, 2.75) is 54.7 Å². The Kier molecular flexibility index (Phi) is 23.9. The van der Waals surface area contributed by atoms with E-state index in [9.17, 15) is 21.6 Å². The van der Waals surface area contributed by atoms with Crippen molar-refractivity contribution in [3.63, 3.8) is 0 Å². The third kappa shape index (κ3) is 17.6. The number of ether oxygens (including phenoxy) is 3. The Morgan fingerprint density at radius 3 is 1.35 bits per heavy atom. The number of benzene rings is 2. The molecule has 14 aromatic rings. The van der Waals surface area contributed by atoms with Crippen molar-refractivity contribution < 1.29 is 35.8 Å². The predicted molar refractivity (Wildman–Crippen MR) is 400 cm³/mol. The summed E-state index contributed by atoms with van der Waals surface area (Å²) in [5, 5.41) is 5.95. The number of aromatic nitrogens is 10. The summed E-state index contributed by atoms with van der Waals surface area (Å²) in [4.78, 5) is 48.2. The number of aryl methyl sites for hydroxylation is 4. The summed E-state index contributed by atoms with van der Waals surface area (Å²) in [5.41, 5.74) is 12.7. The molecule has 512 valence electrons. The number of thiazole rings is 1. The number of carbonyl (C=O) groups is 1. The van der Waals surface area contributed by atoms with E-state index in [1.54, 1.807) is 128 Å². The fourth-order valence-corrected chi connectivity index (χ4v) is 17.5. The van der Waals surface area contributed by atoms with Gasteiger partial charge in [0.15, 0.2) is 22.7 Å². The number of H-pyrrole nitrogens is 1. The number of rotatable bonds is 20. The van der Waals surface area contributed by atoms with Gasteiger partial charge >= 0.3 is 0 Å². The topological polar surface area (TPSA) is 255 Å². The molecule has 0 aliphatic heterocycles. The van der Waals surface area contributed by atoms with E-state index in [1.165, 1.54) is 67.6 Å². The van der Waals surface area contributed by atoms with Gasteiger partial charge in [-0.05, 0) is 114 Å². The average molecular weight is 1550 g/mol. The molecule has 12 heterocycles. The van der Waals surface area contributed by atoms with Crippen LogP contribution >= 0.6 is 104 Å². The Hall–Kier alpha value is -8.50. The average Bonchev–Trinajstić information content (AvgIpc) is 1.60. The van der Waals surface area contributed by atoms with Gasteiger partial charge in [0, 0.05) is 134 Å².